The lowest BCUT2D eigenvalue weighted by Gasteiger charge is -2.29. The van der Waals surface area contributed by atoms with E-state index in [4.69, 9.17) is 0 Å². The van der Waals surface area contributed by atoms with Gasteiger partial charge >= 0.3 is 0 Å². The van der Waals surface area contributed by atoms with Gasteiger partial charge in [0.2, 0.25) is 5.91 Å². The molecule has 1 aliphatic heterocycles. The van der Waals surface area contributed by atoms with Crippen molar-refractivity contribution in [2.24, 2.45) is 0 Å². The van der Waals surface area contributed by atoms with E-state index in [2.05, 4.69) is 57.4 Å². The number of hydrogen-bond acceptors (Lipinski definition) is 5. The lowest BCUT2D eigenvalue weighted by molar-refractivity contribution is -0.131. The van der Waals surface area contributed by atoms with E-state index in [1.807, 2.05) is 42.2 Å². The number of fused-ring (bicyclic) bond motifs is 1. The number of amides is 1. The van der Waals surface area contributed by atoms with Gasteiger partial charge in [-0.25, -0.2) is 0 Å². The molecule has 0 spiro atoms. The van der Waals surface area contributed by atoms with Crippen LogP contribution in [0.15, 0.2) is 71.2 Å². The minimum atomic E-state index is -0.257. The van der Waals surface area contributed by atoms with Crippen LogP contribution >= 0.6 is 23.1 Å². The van der Waals surface area contributed by atoms with E-state index in [1.165, 1.54) is 27.8 Å². The molecule has 0 saturated carbocycles. The highest BCUT2D eigenvalue weighted by molar-refractivity contribution is 8.00. The lowest BCUT2D eigenvalue weighted by atomic mass is 10.1. The van der Waals surface area contributed by atoms with Gasteiger partial charge in [-0.15, -0.1) is 21.5 Å². The average molecular weight is 461 g/mol. The number of aryl methyl sites for hydroxylation is 1. The first-order chi connectivity index (χ1) is 15.6. The Balaban J connectivity index is 1.44. The molecule has 0 N–H and O–H groups in total. The molecule has 0 fully saturated rings. The van der Waals surface area contributed by atoms with Gasteiger partial charge < -0.3 is 4.90 Å². The molecule has 4 aromatic rings. The number of thioether (sulfide) groups is 1. The summed E-state index contributed by atoms with van der Waals surface area (Å²) in [5.41, 5.74) is 4.45. The highest BCUT2D eigenvalue weighted by atomic mass is 32.2. The van der Waals surface area contributed by atoms with Crippen molar-refractivity contribution in [2.75, 3.05) is 6.54 Å². The van der Waals surface area contributed by atoms with Crippen LogP contribution in [0, 0.1) is 6.92 Å². The standard InChI is InChI=1S/C25H24N4OS2/c1-17-8-10-21(11-9-17)29-23(19-6-4-3-5-7-19)26-27-25(29)32-18(2)24(30)28-14-12-22-20(16-28)13-15-31-22/h3-11,13,15,18H,12,14,16H2,1-2H3. The van der Waals surface area contributed by atoms with Crippen LogP contribution in [-0.2, 0) is 17.8 Å². The quantitative estimate of drug-likeness (QED) is 0.376. The Morgan fingerprint density at radius 2 is 1.84 bits per heavy atom. The largest absolute Gasteiger partial charge is 0.337 e. The summed E-state index contributed by atoms with van der Waals surface area (Å²) in [6.07, 6.45) is 0.938. The molecular weight excluding hydrogens is 436 g/mol. The number of benzene rings is 2. The van der Waals surface area contributed by atoms with Crippen molar-refractivity contribution < 1.29 is 4.79 Å². The van der Waals surface area contributed by atoms with Gasteiger partial charge in [0.1, 0.15) is 0 Å². The van der Waals surface area contributed by atoms with Gasteiger partial charge in [-0.05, 0) is 49.4 Å². The number of thiophene rings is 1. The van der Waals surface area contributed by atoms with Crippen LogP contribution in [0.1, 0.15) is 22.9 Å². The first-order valence-electron chi connectivity index (χ1n) is 10.7. The molecule has 1 amide bonds. The van der Waals surface area contributed by atoms with Crippen molar-refractivity contribution in [3.63, 3.8) is 0 Å². The highest BCUT2D eigenvalue weighted by Crippen LogP contribution is 2.32. The molecule has 1 aliphatic rings. The van der Waals surface area contributed by atoms with Gasteiger partial charge in [0.05, 0.1) is 5.25 Å². The summed E-state index contributed by atoms with van der Waals surface area (Å²) in [4.78, 5) is 16.6. The summed E-state index contributed by atoms with van der Waals surface area (Å²) < 4.78 is 2.05. The van der Waals surface area contributed by atoms with E-state index in [-0.39, 0.29) is 11.2 Å². The van der Waals surface area contributed by atoms with Gasteiger partial charge in [-0.2, -0.15) is 0 Å². The monoisotopic (exact) mass is 460 g/mol. The topological polar surface area (TPSA) is 51.0 Å². The molecule has 5 nitrogen and oxygen atoms in total. The number of carbonyl (C=O) groups is 1. The van der Waals surface area contributed by atoms with Crippen LogP contribution in [0.4, 0.5) is 0 Å². The average Bonchev–Trinajstić information content (AvgIpc) is 3.46. The van der Waals surface area contributed by atoms with Crippen LogP contribution in [0.5, 0.6) is 0 Å². The molecule has 1 unspecified atom stereocenters. The maximum Gasteiger partial charge on any atom is 0.236 e. The van der Waals surface area contributed by atoms with Gasteiger partial charge in [-0.1, -0.05) is 59.8 Å². The fourth-order valence-corrected chi connectivity index (χ4v) is 5.79. The molecule has 32 heavy (non-hydrogen) atoms. The van der Waals surface area contributed by atoms with Gasteiger partial charge in [0.25, 0.3) is 0 Å². The maximum absolute atomic E-state index is 13.3. The molecule has 2 aromatic heterocycles. The Morgan fingerprint density at radius 3 is 2.62 bits per heavy atom. The smallest absolute Gasteiger partial charge is 0.236 e. The number of rotatable bonds is 5. The second-order valence-corrected chi connectivity index (χ2v) is 10.3. The highest BCUT2D eigenvalue weighted by Gasteiger charge is 2.28. The fourth-order valence-electron chi connectivity index (χ4n) is 3.95. The molecule has 0 aliphatic carbocycles. The fraction of sp³-hybridized carbons (Fsp3) is 0.240. The summed E-state index contributed by atoms with van der Waals surface area (Å²) in [5.74, 6) is 0.920. The van der Waals surface area contributed by atoms with Gasteiger partial charge in [0, 0.05) is 29.2 Å². The second-order valence-electron chi connectivity index (χ2n) is 7.98. The minimum Gasteiger partial charge on any atom is -0.337 e. The van der Waals surface area contributed by atoms with Crippen LogP contribution in [0.3, 0.4) is 0 Å². The zero-order valence-corrected chi connectivity index (χ0v) is 19.7. The Labute approximate surface area is 196 Å². The minimum absolute atomic E-state index is 0.145. The van der Waals surface area contributed by atoms with Crippen molar-refractivity contribution in [2.45, 2.75) is 37.2 Å². The summed E-state index contributed by atoms with van der Waals surface area (Å²) in [6.45, 7) is 5.51. The Hall–Kier alpha value is -2.90. The van der Waals surface area contributed by atoms with Gasteiger partial charge in [-0.3, -0.25) is 9.36 Å². The molecule has 162 valence electrons. The Kier molecular flexibility index (Phi) is 5.85. The first kappa shape index (κ1) is 21.0. The molecule has 1 atom stereocenters. The van der Waals surface area contributed by atoms with Crippen LogP contribution in [-0.4, -0.2) is 37.4 Å². The van der Waals surface area contributed by atoms with Crippen LogP contribution in [0.2, 0.25) is 0 Å². The predicted molar refractivity (Wildman–Crippen MR) is 130 cm³/mol. The summed E-state index contributed by atoms with van der Waals surface area (Å²) in [6, 6.07) is 20.5. The molecule has 0 radical (unpaired) electrons. The Morgan fingerprint density at radius 1 is 1.06 bits per heavy atom. The predicted octanol–water partition coefficient (Wildman–Crippen LogP) is 5.37. The molecule has 3 heterocycles. The normalized spacial score (nSPS) is 14.2. The molecule has 0 saturated heterocycles. The number of hydrogen-bond donors (Lipinski definition) is 0. The third-order valence-corrected chi connectivity index (χ3v) is 7.76. The summed E-state index contributed by atoms with van der Waals surface area (Å²) in [7, 11) is 0. The molecule has 0 bridgehead atoms. The maximum atomic E-state index is 13.3. The van der Waals surface area contributed by atoms with E-state index in [0.717, 1.165) is 35.2 Å². The van der Waals surface area contributed by atoms with Crippen molar-refractivity contribution in [1.82, 2.24) is 19.7 Å². The van der Waals surface area contributed by atoms with Crippen molar-refractivity contribution in [1.29, 1.82) is 0 Å². The Bertz CT molecular complexity index is 1230. The summed E-state index contributed by atoms with van der Waals surface area (Å²) >= 11 is 3.26. The molecule has 5 rings (SSSR count). The second kappa shape index (κ2) is 8.92. The zero-order chi connectivity index (χ0) is 22.1. The SMILES string of the molecule is Cc1ccc(-n2c(SC(C)C(=O)N3CCc4sccc4C3)nnc2-c2ccccc2)cc1. The van der Waals surface area contributed by atoms with Crippen molar-refractivity contribution in [3.8, 4) is 17.1 Å². The van der Waals surface area contributed by atoms with Crippen molar-refractivity contribution >= 4 is 29.0 Å². The van der Waals surface area contributed by atoms with Crippen molar-refractivity contribution in [3.05, 3.63) is 82.0 Å². The van der Waals surface area contributed by atoms with E-state index in [1.54, 1.807) is 11.3 Å². The third kappa shape index (κ3) is 4.10. The van der Waals surface area contributed by atoms with E-state index in [9.17, 15) is 4.79 Å². The van der Waals surface area contributed by atoms with Crippen LogP contribution in [0.25, 0.3) is 17.1 Å². The van der Waals surface area contributed by atoms with E-state index < -0.39 is 0 Å². The number of aromatic nitrogens is 3. The van der Waals surface area contributed by atoms with E-state index in [0.29, 0.717) is 6.54 Å². The third-order valence-electron chi connectivity index (χ3n) is 5.71. The summed E-state index contributed by atoms with van der Waals surface area (Å²) in [5, 5.41) is 11.6. The number of carbonyl (C=O) groups excluding carboxylic acids is 1. The van der Waals surface area contributed by atoms with E-state index >= 15 is 0 Å². The van der Waals surface area contributed by atoms with Crippen LogP contribution < -0.4 is 0 Å². The molecular formula is C25H24N4OS2. The number of nitrogens with zero attached hydrogens (tertiary/aromatic N) is 4. The first-order valence-corrected chi connectivity index (χ1v) is 12.4. The molecule has 2 aromatic carbocycles. The molecule has 7 heteroatoms. The lowest BCUT2D eigenvalue weighted by Crippen LogP contribution is -2.39. The van der Waals surface area contributed by atoms with Gasteiger partial charge in [0.15, 0.2) is 11.0 Å². The zero-order valence-electron chi connectivity index (χ0n) is 18.1.